The first-order valence-electron chi connectivity index (χ1n) is 5.82. The number of halogens is 1. The monoisotopic (exact) mass is 287 g/mol. The lowest BCUT2D eigenvalue weighted by atomic mass is 10.3. The van der Waals surface area contributed by atoms with Gasteiger partial charge in [0, 0.05) is 6.04 Å². The number of hydrogen-bond acceptors (Lipinski definition) is 7. The van der Waals surface area contributed by atoms with Crippen molar-refractivity contribution >= 4 is 29.1 Å². The number of rotatable bonds is 6. The maximum absolute atomic E-state index is 11.6. The largest absolute Gasteiger partial charge is 0.761 e. The second-order valence-electron chi connectivity index (χ2n) is 4.01. The molecule has 8 heteroatoms. The maximum atomic E-state index is 11.6. The lowest BCUT2D eigenvalue weighted by Crippen LogP contribution is -2.37. The van der Waals surface area contributed by atoms with Gasteiger partial charge in [-0.15, -0.1) is 0 Å². The number of carbonyl (C=O) groups excluding carboxylic acids is 1. The van der Waals surface area contributed by atoms with Crippen molar-refractivity contribution in [1.29, 1.82) is 0 Å². The first-order chi connectivity index (χ1) is 8.99. The summed E-state index contributed by atoms with van der Waals surface area (Å²) in [6, 6.07) is -0.0672. The van der Waals surface area contributed by atoms with E-state index in [1.807, 2.05) is 13.8 Å². The van der Waals surface area contributed by atoms with Crippen LogP contribution in [0.25, 0.3) is 0 Å². The van der Waals surface area contributed by atoms with E-state index in [-0.39, 0.29) is 29.4 Å². The lowest BCUT2D eigenvalue weighted by Gasteiger charge is -2.29. The molecular weight excluding hydrogens is 272 g/mol. The second kappa shape index (κ2) is 7.10. The first kappa shape index (κ1) is 15.5. The highest BCUT2D eigenvalue weighted by molar-refractivity contribution is 6.28. The summed E-state index contributed by atoms with van der Waals surface area (Å²) >= 11 is 5.73. The summed E-state index contributed by atoms with van der Waals surface area (Å²) in [5.41, 5.74) is 1.89. The van der Waals surface area contributed by atoms with Crippen LogP contribution in [0, 0.1) is 5.21 Å². The summed E-state index contributed by atoms with van der Waals surface area (Å²) in [4.78, 5) is 20.9. The van der Waals surface area contributed by atoms with Crippen LogP contribution in [0.3, 0.4) is 0 Å². The molecule has 0 bridgehead atoms. The van der Waals surface area contributed by atoms with E-state index in [4.69, 9.17) is 16.3 Å². The van der Waals surface area contributed by atoms with Crippen LogP contribution in [-0.2, 0) is 9.53 Å². The Hall–Kier alpha value is -1.60. The number of anilines is 2. The van der Waals surface area contributed by atoms with Crippen LogP contribution in [0.2, 0.25) is 5.28 Å². The molecule has 0 atom stereocenters. The van der Waals surface area contributed by atoms with Gasteiger partial charge >= 0.3 is 5.97 Å². The van der Waals surface area contributed by atoms with Gasteiger partial charge in [-0.3, -0.25) is 4.79 Å². The van der Waals surface area contributed by atoms with Gasteiger partial charge in [0.05, 0.1) is 18.5 Å². The van der Waals surface area contributed by atoms with Crippen LogP contribution >= 0.6 is 11.6 Å². The Labute approximate surface area is 116 Å². The molecule has 106 valence electrons. The molecule has 0 aromatic carbocycles. The molecule has 0 amide bonds. The van der Waals surface area contributed by atoms with E-state index in [1.165, 1.54) is 6.20 Å². The van der Waals surface area contributed by atoms with Gasteiger partial charge in [-0.1, -0.05) is 0 Å². The predicted molar refractivity (Wildman–Crippen MR) is 73.1 cm³/mol. The molecular formula is C11H16ClN4O3-. The third-order valence-electron chi connectivity index (χ3n) is 2.35. The standard InChI is InChI=1S/C11H16ClN4O3/c1-4-19-9(17)6-16(7(2)3)10-8(15-18)5-13-11(12)14-10/h5,7,15H,4,6H2,1-3H3/q-1. The number of nitrogens with zero attached hydrogens (tertiary/aromatic N) is 3. The van der Waals surface area contributed by atoms with E-state index >= 15 is 0 Å². The van der Waals surface area contributed by atoms with Gasteiger partial charge in [0.25, 0.3) is 0 Å². The summed E-state index contributed by atoms with van der Waals surface area (Å²) in [5, 5.41) is 10.9. The second-order valence-corrected chi connectivity index (χ2v) is 4.34. The maximum Gasteiger partial charge on any atom is 0.325 e. The van der Waals surface area contributed by atoms with Gasteiger partial charge in [0.2, 0.25) is 5.28 Å². The predicted octanol–water partition coefficient (Wildman–Crippen LogP) is 1.82. The molecule has 1 N–H and O–H groups in total. The van der Waals surface area contributed by atoms with Gasteiger partial charge < -0.3 is 20.3 Å². The van der Waals surface area contributed by atoms with E-state index in [1.54, 1.807) is 17.3 Å². The fourth-order valence-corrected chi connectivity index (χ4v) is 1.62. The van der Waals surface area contributed by atoms with Crippen molar-refractivity contribution < 1.29 is 9.53 Å². The highest BCUT2D eigenvalue weighted by Gasteiger charge is 2.20. The third kappa shape index (κ3) is 4.22. The Morgan fingerprint density at radius 2 is 2.32 bits per heavy atom. The third-order valence-corrected chi connectivity index (χ3v) is 2.53. The summed E-state index contributed by atoms with van der Waals surface area (Å²) in [6.45, 7) is 5.73. The molecule has 0 aliphatic heterocycles. The minimum atomic E-state index is -0.400. The van der Waals surface area contributed by atoms with Crippen molar-refractivity contribution in [2.75, 3.05) is 23.5 Å². The number of ether oxygens (including phenoxy) is 1. The SMILES string of the molecule is CCOC(=O)CN(c1nc(Cl)ncc1N[O-])C(C)C. The average molecular weight is 288 g/mol. The van der Waals surface area contributed by atoms with Gasteiger partial charge in [-0.25, -0.2) is 4.98 Å². The van der Waals surface area contributed by atoms with Crippen molar-refractivity contribution in [3.05, 3.63) is 16.7 Å². The molecule has 0 spiro atoms. The van der Waals surface area contributed by atoms with Gasteiger partial charge in [-0.2, -0.15) is 4.98 Å². The van der Waals surface area contributed by atoms with Crippen molar-refractivity contribution in [2.24, 2.45) is 0 Å². The molecule has 0 aliphatic carbocycles. The van der Waals surface area contributed by atoms with E-state index < -0.39 is 5.97 Å². The average Bonchev–Trinajstić information content (AvgIpc) is 2.36. The molecule has 19 heavy (non-hydrogen) atoms. The molecule has 1 aromatic heterocycles. The highest BCUT2D eigenvalue weighted by atomic mass is 35.5. The summed E-state index contributed by atoms with van der Waals surface area (Å²) < 4.78 is 4.89. The normalized spacial score (nSPS) is 10.4. The van der Waals surface area contributed by atoms with Crippen molar-refractivity contribution in [3.8, 4) is 0 Å². The molecule has 1 heterocycles. The van der Waals surface area contributed by atoms with Crippen LogP contribution in [0.4, 0.5) is 11.5 Å². The quantitative estimate of drug-likeness (QED) is 0.485. The first-order valence-corrected chi connectivity index (χ1v) is 6.20. The van der Waals surface area contributed by atoms with Crippen LogP contribution in [0.1, 0.15) is 20.8 Å². The van der Waals surface area contributed by atoms with E-state index in [2.05, 4.69) is 9.97 Å². The Kier molecular flexibility index (Phi) is 5.78. The Bertz CT molecular complexity index is 442. The van der Waals surface area contributed by atoms with Gasteiger partial charge in [0.1, 0.15) is 6.54 Å². The molecule has 1 rings (SSSR count). The van der Waals surface area contributed by atoms with Crippen LogP contribution in [0.15, 0.2) is 6.20 Å². The smallest absolute Gasteiger partial charge is 0.325 e. The van der Waals surface area contributed by atoms with E-state index in [0.29, 0.717) is 6.61 Å². The molecule has 0 saturated heterocycles. The van der Waals surface area contributed by atoms with Crippen molar-refractivity contribution in [3.63, 3.8) is 0 Å². The van der Waals surface area contributed by atoms with E-state index in [0.717, 1.165) is 0 Å². The summed E-state index contributed by atoms with van der Waals surface area (Å²) in [6.07, 6.45) is 1.28. The number of hydrogen-bond donors (Lipinski definition) is 1. The summed E-state index contributed by atoms with van der Waals surface area (Å²) in [5.74, 6) is -0.124. The zero-order valence-electron chi connectivity index (χ0n) is 11.0. The molecule has 0 saturated carbocycles. The zero-order valence-corrected chi connectivity index (χ0v) is 11.8. The number of aromatic nitrogens is 2. The molecule has 0 unspecified atom stereocenters. The lowest BCUT2D eigenvalue weighted by molar-refractivity contribution is -0.141. The van der Waals surface area contributed by atoms with Gasteiger partial charge in [-0.05, 0) is 32.4 Å². The molecule has 1 aromatic rings. The molecule has 0 radical (unpaired) electrons. The zero-order chi connectivity index (χ0) is 14.4. The highest BCUT2D eigenvalue weighted by Crippen LogP contribution is 2.25. The minimum Gasteiger partial charge on any atom is -0.761 e. The Morgan fingerprint density at radius 1 is 1.63 bits per heavy atom. The van der Waals surface area contributed by atoms with Crippen molar-refractivity contribution in [2.45, 2.75) is 26.8 Å². The fourth-order valence-electron chi connectivity index (χ4n) is 1.49. The van der Waals surface area contributed by atoms with Crippen LogP contribution < -0.4 is 10.4 Å². The molecule has 0 fully saturated rings. The number of esters is 1. The van der Waals surface area contributed by atoms with E-state index in [9.17, 15) is 10.0 Å². The molecule has 0 aliphatic rings. The van der Waals surface area contributed by atoms with Crippen molar-refractivity contribution in [1.82, 2.24) is 9.97 Å². The topological polar surface area (TPSA) is 90.4 Å². The Balaban J connectivity index is 3.04. The molecule has 7 nitrogen and oxygen atoms in total. The van der Waals surface area contributed by atoms with Crippen LogP contribution in [0.5, 0.6) is 0 Å². The van der Waals surface area contributed by atoms with Gasteiger partial charge in [0.15, 0.2) is 5.82 Å². The fraction of sp³-hybridized carbons (Fsp3) is 0.545. The summed E-state index contributed by atoms with van der Waals surface area (Å²) in [7, 11) is 0. The Morgan fingerprint density at radius 3 is 2.84 bits per heavy atom. The van der Waals surface area contributed by atoms with Crippen LogP contribution in [-0.4, -0.2) is 35.1 Å². The number of carbonyl (C=O) groups is 1. The number of nitrogens with one attached hydrogen (secondary N) is 1. The minimum absolute atomic E-state index is 0.00325.